The molecule has 0 radical (unpaired) electrons. The minimum atomic E-state index is 0.201. The first-order valence-electron chi connectivity index (χ1n) is 7.10. The Kier molecular flexibility index (Phi) is 3.91. The predicted molar refractivity (Wildman–Crippen MR) is 69.4 cm³/mol. The molecule has 0 bridgehead atoms. The van der Waals surface area contributed by atoms with E-state index in [0.29, 0.717) is 0 Å². The molecule has 94 valence electrons. The van der Waals surface area contributed by atoms with E-state index >= 15 is 0 Å². The molecule has 2 N–H and O–H groups in total. The molecule has 0 aromatic carbocycles. The Balaban J connectivity index is 1.75. The van der Waals surface area contributed by atoms with Gasteiger partial charge in [-0.25, -0.2) is 0 Å². The van der Waals surface area contributed by atoms with Crippen molar-refractivity contribution in [1.82, 2.24) is 4.90 Å². The predicted octanol–water partition coefficient (Wildman–Crippen LogP) is 2.77. The van der Waals surface area contributed by atoms with E-state index in [0.717, 1.165) is 12.0 Å². The Hall–Kier alpha value is -0.0800. The first kappa shape index (κ1) is 12.4. The fourth-order valence-electron chi connectivity index (χ4n) is 3.40. The zero-order chi connectivity index (χ0) is 11.6. The van der Waals surface area contributed by atoms with Crippen LogP contribution in [-0.2, 0) is 0 Å². The second-order valence-electron chi connectivity index (χ2n) is 6.28. The van der Waals surface area contributed by atoms with Gasteiger partial charge in [-0.1, -0.05) is 19.8 Å². The maximum atomic E-state index is 6.29. The van der Waals surface area contributed by atoms with E-state index in [1.165, 1.54) is 57.9 Å². The summed E-state index contributed by atoms with van der Waals surface area (Å²) in [6.45, 7) is 3.62. The molecule has 2 unspecified atom stereocenters. The van der Waals surface area contributed by atoms with Crippen molar-refractivity contribution in [3.05, 3.63) is 0 Å². The molecule has 2 fully saturated rings. The molecule has 2 rings (SSSR count). The third-order valence-corrected chi connectivity index (χ3v) is 4.94. The van der Waals surface area contributed by atoms with Crippen molar-refractivity contribution in [3.8, 4) is 0 Å². The van der Waals surface area contributed by atoms with Gasteiger partial charge in [0.2, 0.25) is 0 Å². The van der Waals surface area contributed by atoms with Gasteiger partial charge in [-0.15, -0.1) is 0 Å². The minimum absolute atomic E-state index is 0.201. The molecular weight excluding hydrogens is 196 g/mol. The summed E-state index contributed by atoms with van der Waals surface area (Å²) in [6, 6.07) is 0.817. The van der Waals surface area contributed by atoms with Crippen molar-refractivity contribution in [1.29, 1.82) is 0 Å². The highest BCUT2D eigenvalue weighted by molar-refractivity contribution is 4.93. The Labute approximate surface area is 101 Å². The maximum Gasteiger partial charge on any atom is 0.0166 e. The molecule has 16 heavy (non-hydrogen) atoms. The van der Waals surface area contributed by atoms with E-state index < -0.39 is 0 Å². The highest BCUT2D eigenvalue weighted by Gasteiger charge is 2.33. The Bertz CT molecular complexity index is 223. The van der Waals surface area contributed by atoms with Gasteiger partial charge in [0.25, 0.3) is 0 Å². The van der Waals surface area contributed by atoms with Crippen LogP contribution < -0.4 is 5.73 Å². The summed E-state index contributed by atoms with van der Waals surface area (Å²) >= 11 is 0. The first-order valence-corrected chi connectivity index (χ1v) is 7.10. The van der Waals surface area contributed by atoms with E-state index in [4.69, 9.17) is 5.73 Å². The summed E-state index contributed by atoms with van der Waals surface area (Å²) < 4.78 is 0. The lowest BCUT2D eigenvalue weighted by Gasteiger charge is -2.42. The van der Waals surface area contributed by atoms with E-state index in [2.05, 4.69) is 18.9 Å². The van der Waals surface area contributed by atoms with Gasteiger partial charge in [-0.2, -0.15) is 0 Å². The van der Waals surface area contributed by atoms with Crippen LogP contribution in [-0.4, -0.2) is 30.1 Å². The molecular formula is C14H28N2. The second kappa shape index (κ2) is 5.05. The van der Waals surface area contributed by atoms with Gasteiger partial charge in [0, 0.05) is 11.6 Å². The molecule has 0 heterocycles. The standard InChI is InChI=1S/C14H28N2/c1-12-6-3-4-7-13(12)16(2)11-10-14(15)8-5-9-14/h12-13H,3-11,15H2,1-2H3. The van der Waals surface area contributed by atoms with Gasteiger partial charge in [-0.05, 0) is 58.0 Å². The Morgan fingerprint density at radius 3 is 2.44 bits per heavy atom. The van der Waals surface area contributed by atoms with E-state index in [9.17, 15) is 0 Å². The van der Waals surface area contributed by atoms with Gasteiger partial charge in [-0.3, -0.25) is 0 Å². The van der Waals surface area contributed by atoms with E-state index in [-0.39, 0.29) is 5.54 Å². The molecule has 0 amide bonds. The number of hydrogen-bond donors (Lipinski definition) is 1. The van der Waals surface area contributed by atoms with Crippen LogP contribution in [0.15, 0.2) is 0 Å². The van der Waals surface area contributed by atoms with Crippen molar-refractivity contribution >= 4 is 0 Å². The average molecular weight is 224 g/mol. The first-order chi connectivity index (χ1) is 7.61. The molecule has 0 aromatic rings. The molecule has 2 aliphatic rings. The van der Waals surface area contributed by atoms with Crippen molar-refractivity contribution in [3.63, 3.8) is 0 Å². The lowest BCUT2D eigenvalue weighted by atomic mass is 9.75. The lowest BCUT2D eigenvalue weighted by Crippen LogP contribution is -2.50. The quantitative estimate of drug-likeness (QED) is 0.795. The van der Waals surface area contributed by atoms with Gasteiger partial charge in [0.05, 0.1) is 0 Å². The maximum absolute atomic E-state index is 6.29. The zero-order valence-electron chi connectivity index (χ0n) is 11.0. The Morgan fingerprint density at radius 1 is 1.19 bits per heavy atom. The van der Waals surface area contributed by atoms with Crippen LogP contribution in [0.4, 0.5) is 0 Å². The monoisotopic (exact) mass is 224 g/mol. The normalized spacial score (nSPS) is 33.8. The van der Waals surface area contributed by atoms with Crippen molar-refractivity contribution in [2.75, 3.05) is 13.6 Å². The summed E-state index contributed by atoms with van der Waals surface area (Å²) in [5.41, 5.74) is 6.49. The fraction of sp³-hybridized carbons (Fsp3) is 1.00. The number of nitrogens with two attached hydrogens (primary N) is 1. The van der Waals surface area contributed by atoms with Gasteiger partial charge in [0.1, 0.15) is 0 Å². The van der Waals surface area contributed by atoms with Crippen molar-refractivity contribution in [2.45, 2.75) is 69.9 Å². The molecule has 2 atom stereocenters. The minimum Gasteiger partial charge on any atom is -0.325 e. The van der Waals surface area contributed by atoms with Gasteiger partial charge in [0.15, 0.2) is 0 Å². The molecule has 2 saturated carbocycles. The summed E-state index contributed by atoms with van der Waals surface area (Å²) in [5.74, 6) is 0.883. The smallest absolute Gasteiger partial charge is 0.0166 e. The number of nitrogens with zero attached hydrogens (tertiary/aromatic N) is 1. The van der Waals surface area contributed by atoms with E-state index in [1.54, 1.807) is 0 Å². The summed E-state index contributed by atoms with van der Waals surface area (Å²) in [4.78, 5) is 2.58. The van der Waals surface area contributed by atoms with Crippen LogP contribution in [0.5, 0.6) is 0 Å². The van der Waals surface area contributed by atoms with Crippen LogP contribution in [0, 0.1) is 5.92 Å². The van der Waals surface area contributed by atoms with E-state index in [1.807, 2.05) is 0 Å². The van der Waals surface area contributed by atoms with Crippen molar-refractivity contribution in [2.24, 2.45) is 11.7 Å². The SMILES string of the molecule is CC1CCCCC1N(C)CCC1(N)CCC1. The van der Waals surface area contributed by atoms with Gasteiger partial charge >= 0.3 is 0 Å². The summed E-state index contributed by atoms with van der Waals surface area (Å²) in [7, 11) is 2.30. The fourth-order valence-corrected chi connectivity index (χ4v) is 3.40. The highest BCUT2D eigenvalue weighted by atomic mass is 15.1. The Morgan fingerprint density at radius 2 is 1.88 bits per heavy atom. The van der Waals surface area contributed by atoms with Crippen LogP contribution in [0.1, 0.15) is 58.3 Å². The van der Waals surface area contributed by atoms with Crippen LogP contribution in [0.2, 0.25) is 0 Å². The number of rotatable bonds is 4. The second-order valence-corrected chi connectivity index (χ2v) is 6.28. The average Bonchev–Trinajstić information content (AvgIpc) is 2.24. The molecule has 2 aliphatic carbocycles. The highest BCUT2D eigenvalue weighted by Crippen LogP contribution is 2.33. The molecule has 0 aliphatic heterocycles. The molecule has 2 nitrogen and oxygen atoms in total. The van der Waals surface area contributed by atoms with Crippen LogP contribution in [0.25, 0.3) is 0 Å². The zero-order valence-corrected chi connectivity index (χ0v) is 11.0. The number of hydrogen-bond acceptors (Lipinski definition) is 2. The lowest BCUT2D eigenvalue weighted by molar-refractivity contribution is 0.115. The van der Waals surface area contributed by atoms with Crippen LogP contribution >= 0.6 is 0 Å². The molecule has 0 spiro atoms. The largest absolute Gasteiger partial charge is 0.325 e. The molecule has 0 aromatic heterocycles. The third-order valence-electron chi connectivity index (χ3n) is 4.94. The molecule has 2 heteroatoms. The van der Waals surface area contributed by atoms with Crippen LogP contribution in [0.3, 0.4) is 0 Å². The topological polar surface area (TPSA) is 29.3 Å². The molecule has 0 saturated heterocycles. The summed E-state index contributed by atoms with van der Waals surface area (Å²) in [6.07, 6.45) is 10.7. The van der Waals surface area contributed by atoms with Crippen molar-refractivity contribution < 1.29 is 0 Å². The summed E-state index contributed by atoms with van der Waals surface area (Å²) in [5, 5.41) is 0. The third kappa shape index (κ3) is 2.78. The van der Waals surface area contributed by atoms with Gasteiger partial charge < -0.3 is 10.6 Å².